The smallest absolute Gasteiger partial charge is 0.255 e. The van der Waals surface area contributed by atoms with Gasteiger partial charge in [-0.15, -0.1) is 0 Å². The molecule has 4 aromatic carbocycles. The van der Waals surface area contributed by atoms with Gasteiger partial charge in [0.25, 0.3) is 11.8 Å². The van der Waals surface area contributed by atoms with Crippen LogP contribution in [0.2, 0.25) is 0 Å². The molecule has 0 aliphatic carbocycles. The standard InChI is InChI=1S/C55H63N9O6/c56-36-39-16-20-47-44(34-39)48(24-28-59-47)58-27-23-38-15-17-41-35-42(19-18-40(41)33-38)54(69)63-31-29-62(30-32-63)52(67)14-7-5-3-1-2-4-6-8-25-60-50(65)13-10-26-57-46-12-9-11-43-45(46)37-64(55(43)70)49-21-22-51(66)61-53(49)68/h9,11-12,15-20,24,28,33-35,49,57H,1-8,10,13-14,21-23,25-27,29-32,37H2,(H,58,59)(H,60,65)(H,61,66,68). The van der Waals surface area contributed by atoms with Crippen molar-refractivity contribution in [1.82, 2.24) is 30.3 Å². The Hall–Kier alpha value is -7.34. The Morgan fingerprint density at radius 3 is 2.27 bits per heavy atom. The van der Waals surface area contributed by atoms with Gasteiger partial charge in [-0.3, -0.25) is 39.1 Å². The summed E-state index contributed by atoms with van der Waals surface area (Å²) in [6.45, 7) is 4.41. The molecule has 0 saturated carbocycles. The minimum atomic E-state index is -0.656. The van der Waals surface area contributed by atoms with E-state index in [1.54, 1.807) is 23.2 Å². The van der Waals surface area contributed by atoms with E-state index in [0.29, 0.717) is 94.7 Å². The number of hydrogen-bond donors (Lipinski definition) is 4. The first-order valence-corrected chi connectivity index (χ1v) is 25.0. The molecule has 70 heavy (non-hydrogen) atoms. The summed E-state index contributed by atoms with van der Waals surface area (Å²) in [5.41, 5.74) is 6.45. The fourth-order valence-electron chi connectivity index (χ4n) is 9.80. The summed E-state index contributed by atoms with van der Waals surface area (Å²) < 4.78 is 0. The van der Waals surface area contributed by atoms with Crippen molar-refractivity contribution in [1.29, 1.82) is 5.26 Å². The number of nitriles is 1. The number of fused-ring (bicyclic) bond motifs is 3. The Bertz CT molecular complexity index is 2780. The molecule has 364 valence electrons. The van der Waals surface area contributed by atoms with Crippen molar-refractivity contribution in [2.45, 2.75) is 102 Å². The lowest BCUT2D eigenvalue weighted by Gasteiger charge is -2.35. The van der Waals surface area contributed by atoms with Gasteiger partial charge in [-0.2, -0.15) is 5.26 Å². The van der Waals surface area contributed by atoms with E-state index in [1.807, 2.05) is 58.3 Å². The van der Waals surface area contributed by atoms with Crippen molar-refractivity contribution in [2.24, 2.45) is 0 Å². The highest BCUT2D eigenvalue weighted by Crippen LogP contribution is 2.32. The lowest BCUT2D eigenvalue weighted by molar-refractivity contribution is -0.137. The number of unbranched alkanes of at least 4 members (excludes halogenated alkanes) is 7. The summed E-state index contributed by atoms with van der Waals surface area (Å²) in [7, 11) is 0. The highest BCUT2D eigenvalue weighted by Gasteiger charge is 2.40. The molecule has 0 bridgehead atoms. The molecule has 2 fully saturated rings. The predicted octanol–water partition coefficient (Wildman–Crippen LogP) is 7.48. The third kappa shape index (κ3) is 12.5. The van der Waals surface area contributed by atoms with E-state index < -0.39 is 11.9 Å². The topological polar surface area (TPSA) is 197 Å². The number of piperazine rings is 1. The van der Waals surface area contributed by atoms with Crippen LogP contribution in [0, 0.1) is 11.3 Å². The number of piperidine rings is 1. The summed E-state index contributed by atoms with van der Waals surface area (Å²) in [6, 6.07) is 26.7. The number of imide groups is 1. The third-order valence-corrected chi connectivity index (χ3v) is 13.8. The largest absolute Gasteiger partial charge is 0.385 e. The molecule has 15 nitrogen and oxygen atoms in total. The second-order valence-corrected chi connectivity index (χ2v) is 18.6. The molecule has 5 aromatic rings. The van der Waals surface area contributed by atoms with Crippen LogP contribution in [0.1, 0.15) is 121 Å². The van der Waals surface area contributed by atoms with Gasteiger partial charge in [-0.05, 0) is 97.0 Å². The van der Waals surface area contributed by atoms with Crippen LogP contribution in [0.3, 0.4) is 0 Å². The molecule has 8 rings (SSSR count). The molecule has 0 radical (unpaired) electrons. The number of carbonyl (C=O) groups is 6. The molecule has 4 heterocycles. The SMILES string of the molecule is N#Cc1ccc2nccc(NCCc3ccc4cc(C(=O)N5CCN(C(=O)CCCCCCCCCCNC(=O)CCCNc6cccc7c6CN(C6CCC(=O)NC6=O)C7=O)CC5)ccc4c3)c2c1. The average Bonchev–Trinajstić information content (AvgIpc) is 3.72. The van der Waals surface area contributed by atoms with Crippen LogP contribution in [0.5, 0.6) is 0 Å². The molecule has 3 aliphatic heterocycles. The Balaban J connectivity index is 0.633. The van der Waals surface area contributed by atoms with E-state index in [9.17, 15) is 34.0 Å². The third-order valence-electron chi connectivity index (χ3n) is 13.8. The van der Waals surface area contributed by atoms with Crippen molar-refractivity contribution < 1.29 is 28.8 Å². The quantitative estimate of drug-likeness (QED) is 0.0399. The highest BCUT2D eigenvalue weighted by atomic mass is 16.2. The van der Waals surface area contributed by atoms with E-state index in [4.69, 9.17) is 0 Å². The molecular weight excluding hydrogens is 883 g/mol. The number of nitrogens with one attached hydrogen (secondary N) is 4. The Kier molecular flexibility index (Phi) is 16.7. The lowest BCUT2D eigenvalue weighted by Crippen LogP contribution is -2.52. The van der Waals surface area contributed by atoms with Crippen molar-refractivity contribution >= 4 is 68.5 Å². The van der Waals surface area contributed by atoms with Crippen molar-refractivity contribution in [3.05, 3.63) is 113 Å². The summed E-state index contributed by atoms with van der Waals surface area (Å²) in [5.74, 6) is -0.760. The number of carbonyl (C=O) groups excluding carboxylic acids is 6. The molecule has 1 unspecified atom stereocenters. The van der Waals surface area contributed by atoms with Crippen LogP contribution in [0.4, 0.5) is 11.4 Å². The maximum atomic E-state index is 13.5. The first-order valence-electron chi connectivity index (χ1n) is 25.0. The molecule has 1 aromatic heterocycles. The lowest BCUT2D eigenvalue weighted by atomic mass is 10.0. The first kappa shape index (κ1) is 49.1. The highest BCUT2D eigenvalue weighted by molar-refractivity contribution is 6.06. The normalized spacial score (nSPS) is 15.7. The number of rotatable bonds is 22. The summed E-state index contributed by atoms with van der Waals surface area (Å²) in [6.07, 6.45) is 13.1. The monoisotopic (exact) mass is 945 g/mol. The minimum absolute atomic E-state index is 0.00540. The van der Waals surface area contributed by atoms with Crippen LogP contribution in [0.25, 0.3) is 21.7 Å². The van der Waals surface area contributed by atoms with Gasteiger partial charge >= 0.3 is 0 Å². The molecule has 0 spiro atoms. The minimum Gasteiger partial charge on any atom is -0.385 e. The second-order valence-electron chi connectivity index (χ2n) is 18.6. The predicted molar refractivity (Wildman–Crippen MR) is 270 cm³/mol. The molecular formula is C55H63N9O6. The van der Waals surface area contributed by atoms with Gasteiger partial charge in [0.15, 0.2) is 0 Å². The zero-order valence-corrected chi connectivity index (χ0v) is 39.9. The number of aromatic nitrogens is 1. The van der Waals surface area contributed by atoms with Crippen LogP contribution in [-0.2, 0) is 32.1 Å². The van der Waals surface area contributed by atoms with Crippen LogP contribution in [0.15, 0.2) is 85.1 Å². The summed E-state index contributed by atoms with van der Waals surface area (Å²) >= 11 is 0. The van der Waals surface area contributed by atoms with Crippen molar-refractivity contribution in [3.8, 4) is 6.07 Å². The molecule has 4 N–H and O–H groups in total. The summed E-state index contributed by atoms with van der Waals surface area (Å²) in [5, 5.41) is 24.6. The van der Waals surface area contributed by atoms with Gasteiger partial charge in [0.05, 0.1) is 17.1 Å². The zero-order chi connectivity index (χ0) is 48.8. The van der Waals surface area contributed by atoms with E-state index in [2.05, 4.69) is 50.5 Å². The summed E-state index contributed by atoms with van der Waals surface area (Å²) in [4.78, 5) is 85.8. The second kappa shape index (κ2) is 23.8. The zero-order valence-electron chi connectivity index (χ0n) is 39.9. The van der Waals surface area contributed by atoms with E-state index >= 15 is 0 Å². The van der Waals surface area contributed by atoms with Crippen molar-refractivity contribution in [3.63, 3.8) is 0 Å². The van der Waals surface area contributed by atoms with Gasteiger partial charge in [-0.1, -0.05) is 68.9 Å². The average molecular weight is 946 g/mol. The number of hydrogen-bond acceptors (Lipinski definition) is 10. The Morgan fingerprint density at radius 2 is 1.47 bits per heavy atom. The fourth-order valence-corrected chi connectivity index (χ4v) is 9.80. The maximum absolute atomic E-state index is 13.5. The Labute approximate surface area is 409 Å². The van der Waals surface area contributed by atoms with Gasteiger partial charge < -0.3 is 30.7 Å². The molecule has 6 amide bonds. The molecule has 1 atom stereocenters. The number of amides is 6. The van der Waals surface area contributed by atoms with Crippen LogP contribution in [-0.4, -0.2) is 107 Å². The van der Waals surface area contributed by atoms with Gasteiger partial charge in [0.2, 0.25) is 23.6 Å². The fraction of sp³-hybridized carbons (Fsp3) is 0.418. The number of benzene rings is 4. The number of pyridine rings is 1. The van der Waals surface area contributed by atoms with Crippen molar-refractivity contribution in [2.75, 3.05) is 56.4 Å². The van der Waals surface area contributed by atoms with Gasteiger partial charge in [-0.25, -0.2) is 0 Å². The first-order chi connectivity index (χ1) is 34.1. The Morgan fingerprint density at radius 1 is 0.729 bits per heavy atom. The number of anilines is 2. The maximum Gasteiger partial charge on any atom is 0.255 e. The molecule has 3 aliphatic rings. The van der Waals surface area contributed by atoms with Gasteiger partial charge in [0, 0.05) is 111 Å². The van der Waals surface area contributed by atoms with Crippen LogP contribution < -0.4 is 21.3 Å². The van der Waals surface area contributed by atoms with Crippen LogP contribution >= 0.6 is 0 Å². The van der Waals surface area contributed by atoms with E-state index in [0.717, 1.165) is 96.4 Å². The van der Waals surface area contributed by atoms with E-state index in [1.165, 1.54) is 5.56 Å². The van der Waals surface area contributed by atoms with E-state index in [-0.39, 0.29) is 36.0 Å². The molecule has 15 heteroatoms. The molecule has 2 saturated heterocycles. The number of nitrogens with zero attached hydrogens (tertiary/aromatic N) is 5. The van der Waals surface area contributed by atoms with Gasteiger partial charge in [0.1, 0.15) is 6.04 Å².